The van der Waals surface area contributed by atoms with E-state index in [1.165, 1.54) is 0 Å². The summed E-state index contributed by atoms with van der Waals surface area (Å²) in [4.78, 5) is 21.8. The maximum absolute atomic E-state index is 12.1. The average Bonchev–Trinajstić information content (AvgIpc) is 2.69. The molecule has 1 rings (SSSR count). The number of hydrogen-bond acceptors (Lipinski definition) is 6. The molecule has 0 fully saturated rings. The topological polar surface area (TPSA) is 94.1 Å². The van der Waals surface area contributed by atoms with E-state index in [0.717, 1.165) is 36.1 Å². The van der Waals surface area contributed by atoms with Gasteiger partial charge < -0.3 is 14.9 Å². The Balaban J connectivity index is 2.29. The Bertz CT molecular complexity index is 672. The molecule has 0 heterocycles. The first-order valence-corrected chi connectivity index (χ1v) is 12.7. The lowest BCUT2D eigenvalue weighted by Crippen LogP contribution is -2.13. The van der Waals surface area contributed by atoms with Crippen LogP contribution in [0.2, 0.25) is 0 Å². The second-order valence-corrected chi connectivity index (χ2v) is 9.23. The molecule has 0 aliphatic rings. The molecule has 1 aromatic rings. The van der Waals surface area contributed by atoms with E-state index < -0.39 is 7.82 Å². The molecule has 0 radical (unpaired) electrons. The van der Waals surface area contributed by atoms with Gasteiger partial charge in [-0.2, -0.15) is 11.8 Å². The number of phosphoric ester groups is 1. The van der Waals surface area contributed by atoms with E-state index in [1.807, 2.05) is 38.3 Å². The van der Waals surface area contributed by atoms with Crippen molar-refractivity contribution in [3.8, 4) is 0 Å². The summed E-state index contributed by atoms with van der Waals surface area (Å²) in [5.41, 5.74) is 2.80. The minimum absolute atomic E-state index is 0.0203. The highest BCUT2D eigenvalue weighted by atomic mass is 32.2. The van der Waals surface area contributed by atoms with E-state index in [-0.39, 0.29) is 31.6 Å². The fourth-order valence-electron chi connectivity index (χ4n) is 2.66. The first-order valence-electron chi connectivity index (χ1n) is 9.83. The van der Waals surface area contributed by atoms with E-state index in [2.05, 4.69) is 5.32 Å². The third kappa shape index (κ3) is 11.2. The molecule has 1 amide bonds. The van der Waals surface area contributed by atoms with E-state index in [4.69, 9.17) is 13.8 Å². The van der Waals surface area contributed by atoms with E-state index in [1.54, 1.807) is 18.9 Å². The highest BCUT2D eigenvalue weighted by molar-refractivity contribution is 7.98. The van der Waals surface area contributed by atoms with E-state index in [9.17, 15) is 14.3 Å². The van der Waals surface area contributed by atoms with Gasteiger partial charge in [0, 0.05) is 19.2 Å². The molecule has 0 spiro atoms. The van der Waals surface area contributed by atoms with Gasteiger partial charge in [0.05, 0.1) is 19.3 Å². The first-order chi connectivity index (χ1) is 13.8. The van der Waals surface area contributed by atoms with Crippen LogP contribution in [0.3, 0.4) is 0 Å². The number of phosphoric acid groups is 1. The van der Waals surface area contributed by atoms with Crippen LogP contribution in [0.5, 0.6) is 0 Å². The maximum atomic E-state index is 12.1. The van der Waals surface area contributed by atoms with Crippen LogP contribution in [0.1, 0.15) is 56.3 Å². The van der Waals surface area contributed by atoms with Gasteiger partial charge in [-0.05, 0) is 68.4 Å². The number of rotatable bonds is 15. The Morgan fingerprint density at radius 2 is 1.90 bits per heavy atom. The van der Waals surface area contributed by atoms with Gasteiger partial charge in [-0.1, -0.05) is 12.5 Å². The van der Waals surface area contributed by atoms with Crippen LogP contribution in [-0.2, 0) is 23.1 Å². The summed E-state index contributed by atoms with van der Waals surface area (Å²) in [7, 11) is -2.41. The maximum Gasteiger partial charge on any atom is 0.472 e. The van der Waals surface area contributed by atoms with E-state index in [0.29, 0.717) is 12.1 Å². The molecule has 1 aromatic carbocycles. The average molecular weight is 448 g/mol. The number of methoxy groups -OCH3 is 1. The number of benzene rings is 1. The summed E-state index contributed by atoms with van der Waals surface area (Å²) in [6.07, 6.45) is 5.21. The second kappa shape index (κ2) is 14.2. The van der Waals surface area contributed by atoms with E-state index >= 15 is 0 Å². The van der Waals surface area contributed by atoms with Gasteiger partial charge in [-0.15, -0.1) is 0 Å². The summed E-state index contributed by atoms with van der Waals surface area (Å²) in [5, 5.41) is 2.83. The molecule has 9 heteroatoms. The molecule has 29 heavy (non-hydrogen) atoms. The zero-order valence-electron chi connectivity index (χ0n) is 17.8. The van der Waals surface area contributed by atoms with Crippen LogP contribution >= 0.6 is 19.6 Å². The molecule has 0 bridgehead atoms. The number of unbranched alkanes of at least 4 members (excludes halogenated alkanes) is 2. The Morgan fingerprint density at radius 3 is 2.55 bits per heavy atom. The Morgan fingerprint density at radius 1 is 1.21 bits per heavy atom. The fourth-order valence-corrected chi connectivity index (χ4v) is 3.95. The quantitative estimate of drug-likeness (QED) is 0.286. The zero-order chi connectivity index (χ0) is 21.7. The molecule has 0 aliphatic carbocycles. The van der Waals surface area contributed by atoms with Gasteiger partial charge in [-0.3, -0.25) is 13.8 Å². The Labute approximate surface area is 178 Å². The standard InChI is InChI=1S/C20H34NO6PS/c1-16-10-11-18(15-19(16)17(2)25-3)21-20(22)9-8-13-27-28(23,24)26-12-6-5-7-14-29-4/h10-11,15,17H,5-9,12-14H2,1-4H3,(H,21,22)(H,23,24). The third-order valence-electron chi connectivity index (χ3n) is 4.40. The van der Waals surface area contributed by atoms with Gasteiger partial charge in [0.1, 0.15) is 0 Å². The predicted octanol–water partition coefficient (Wildman–Crippen LogP) is 5.09. The number of ether oxygens (including phenoxy) is 1. The number of thioether (sulfide) groups is 1. The number of amides is 1. The monoisotopic (exact) mass is 447 g/mol. The van der Waals surface area contributed by atoms with Crippen molar-refractivity contribution in [3.63, 3.8) is 0 Å². The van der Waals surface area contributed by atoms with Crippen LogP contribution < -0.4 is 5.32 Å². The number of carbonyl (C=O) groups is 1. The van der Waals surface area contributed by atoms with Crippen molar-refractivity contribution >= 4 is 31.2 Å². The summed E-state index contributed by atoms with van der Waals surface area (Å²) >= 11 is 1.78. The van der Waals surface area contributed by atoms with Crippen molar-refractivity contribution in [2.45, 2.75) is 52.1 Å². The first kappa shape index (κ1) is 26.1. The van der Waals surface area contributed by atoms with Crippen LogP contribution in [0.15, 0.2) is 18.2 Å². The zero-order valence-corrected chi connectivity index (χ0v) is 19.5. The lowest BCUT2D eigenvalue weighted by molar-refractivity contribution is -0.116. The predicted molar refractivity (Wildman–Crippen MR) is 118 cm³/mol. The molecule has 0 aliphatic heterocycles. The van der Waals surface area contributed by atoms with Gasteiger partial charge in [0.25, 0.3) is 0 Å². The molecule has 2 unspecified atom stereocenters. The summed E-state index contributed by atoms with van der Waals surface area (Å²) < 4.78 is 27.0. The van der Waals surface area contributed by atoms with Crippen molar-refractivity contribution in [3.05, 3.63) is 29.3 Å². The Kier molecular flexibility index (Phi) is 12.8. The van der Waals surface area contributed by atoms with Crippen molar-refractivity contribution in [2.24, 2.45) is 0 Å². The fraction of sp³-hybridized carbons (Fsp3) is 0.650. The van der Waals surface area contributed by atoms with Crippen LogP contribution in [0.4, 0.5) is 5.69 Å². The molecule has 0 aromatic heterocycles. The minimum Gasteiger partial charge on any atom is -0.377 e. The number of hydrogen-bond donors (Lipinski definition) is 2. The normalized spacial score (nSPS) is 14.4. The lowest BCUT2D eigenvalue weighted by Gasteiger charge is -2.15. The van der Waals surface area contributed by atoms with Crippen LogP contribution in [-0.4, -0.2) is 43.1 Å². The lowest BCUT2D eigenvalue weighted by atomic mass is 10.0. The van der Waals surface area contributed by atoms with Crippen LogP contribution in [0.25, 0.3) is 0 Å². The second-order valence-electron chi connectivity index (χ2n) is 6.79. The summed E-state index contributed by atoms with van der Waals surface area (Å²) in [6.45, 7) is 4.12. The van der Waals surface area contributed by atoms with Gasteiger partial charge in [0.15, 0.2) is 0 Å². The van der Waals surface area contributed by atoms with Gasteiger partial charge in [0.2, 0.25) is 5.91 Å². The highest BCUT2D eigenvalue weighted by Crippen LogP contribution is 2.43. The molecular formula is C20H34NO6PS. The minimum atomic E-state index is -4.05. The Hall–Kier alpha value is -0.890. The summed E-state index contributed by atoms with van der Waals surface area (Å²) in [5.74, 6) is 0.890. The SMILES string of the molecule is COC(C)c1cc(NC(=O)CCCOP(=O)(O)OCCCCCSC)ccc1C. The smallest absolute Gasteiger partial charge is 0.377 e. The van der Waals surface area contributed by atoms with Crippen molar-refractivity contribution < 1.29 is 28.0 Å². The number of aryl methyl sites for hydroxylation is 1. The number of anilines is 1. The van der Waals surface area contributed by atoms with Crippen molar-refractivity contribution in [2.75, 3.05) is 37.6 Å². The van der Waals surface area contributed by atoms with Crippen molar-refractivity contribution in [1.29, 1.82) is 0 Å². The molecule has 166 valence electrons. The summed E-state index contributed by atoms with van der Waals surface area (Å²) in [6, 6.07) is 5.67. The molecule has 0 saturated heterocycles. The number of carbonyl (C=O) groups excluding carboxylic acids is 1. The molecular weight excluding hydrogens is 413 g/mol. The number of nitrogens with one attached hydrogen (secondary N) is 1. The molecule has 7 nitrogen and oxygen atoms in total. The largest absolute Gasteiger partial charge is 0.472 e. The van der Waals surface area contributed by atoms with Crippen LogP contribution in [0, 0.1) is 6.92 Å². The van der Waals surface area contributed by atoms with Gasteiger partial charge >= 0.3 is 7.82 Å². The molecule has 0 saturated carbocycles. The molecule has 2 N–H and O–H groups in total. The highest BCUT2D eigenvalue weighted by Gasteiger charge is 2.20. The molecule has 2 atom stereocenters. The van der Waals surface area contributed by atoms with Crippen molar-refractivity contribution in [1.82, 2.24) is 0 Å². The third-order valence-corrected chi connectivity index (χ3v) is 6.12. The van der Waals surface area contributed by atoms with Gasteiger partial charge in [-0.25, -0.2) is 4.57 Å².